The highest BCUT2D eigenvalue weighted by atomic mass is 15.1. The van der Waals surface area contributed by atoms with Crippen LogP contribution in [0.25, 0.3) is 0 Å². The van der Waals surface area contributed by atoms with Crippen LogP contribution in [0.2, 0.25) is 0 Å². The highest BCUT2D eigenvalue weighted by Crippen LogP contribution is 2.23. The van der Waals surface area contributed by atoms with Crippen molar-refractivity contribution in [2.24, 2.45) is 0 Å². The third-order valence-corrected chi connectivity index (χ3v) is 3.40. The van der Waals surface area contributed by atoms with Gasteiger partial charge in [0, 0.05) is 6.04 Å². The fourth-order valence-electron chi connectivity index (χ4n) is 2.60. The van der Waals surface area contributed by atoms with E-state index in [9.17, 15) is 0 Å². The van der Waals surface area contributed by atoms with Crippen LogP contribution in [0, 0.1) is 0 Å². The van der Waals surface area contributed by atoms with Crippen molar-refractivity contribution < 1.29 is 0 Å². The molecule has 0 heterocycles. The zero-order valence-corrected chi connectivity index (χ0v) is 10.1. The van der Waals surface area contributed by atoms with Crippen molar-refractivity contribution in [3.63, 3.8) is 0 Å². The average Bonchev–Trinajstić information content (AvgIpc) is 2.70. The Hall–Kier alpha value is -0.0400. The van der Waals surface area contributed by atoms with E-state index >= 15 is 0 Å². The van der Waals surface area contributed by atoms with Crippen molar-refractivity contribution in [3.8, 4) is 0 Å². The first kappa shape index (κ1) is 12.0. The second-order valence-corrected chi connectivity index (χ2v) is 4.68. The van der Waals surface area contributed by atoms with Crippen molar-refractivity contribution in [1.82, 2.24) is 4.90 Å². The number of hydrogen-bond donors (Lipinski definition) is 0. The lowest BCUT2D eigenvalue weighted by molar-refractivity contribution is 0.195. The summed E-state index contributed by atoms with van der Waals surface area (Å²) < 4.78 is 0. The van der Waals surface area contributed by atoms with E-state index in [4.69, 9.17) is 0 Å². The van der Waals surface area contributed by atoms with E-state index in [2.05, 4.69) is 18.7 Å². The van der Waals surface area contributed by atoms with Crippen LogP contribution in [0.15, 0.2) is 0 Å². The molecule has 1 fully saturated rings. The average molecular weight is 197 g/mol. The zero-order valence-electron chi connectivity index (χ0n) is 10.1. The lowest BCUT2D eigenvalue weighted by Gasteiger charge is -2.28. The third kappa shape index (κ3) is 4.00. The molecule has 1 aliphatic rings. The highest BCUT2D eigenvalue weighted by molar-refractivity contribution is 4.77. The van der Waals surface area contributed by atoms with Crippen LogP contribution in [0.4, 0.5) is 0 Å². The lowest BCUT2D eigenvalue weighted by Crippen LogP contribution is -2.34. The van der Waals surface area contributed by atoms with E-state index in [1.54, 1.807) is 0 Å². The summed E-state index contributed by atoms with van der Waals surface area (Å²) in [4.78, 5) is 2.75. The number of rotatable bonds is 7. The van der Waals surface area contributed by atoms with Gasteiger partial charge in [-0.2, -0.15) is 0 Å². The van der Waals surface area contributed by atoms with Crippen LogP contribution in [-0.4, -0.2) is 24.0 Å². The molecule has 1 heteroatoms. The molecular weight excluding hydrogens is 170 g/mol. The Morgan fingerprint density at radius 3 is 2.21 bits per heavy atom. The van der Waals surface area contributed by atoms with Crippen LogP contribution >= 0.6 is 0 Å². The molecule has 0 aromatic heterocycles. The van der Waals surface area contributed by atoms with Crippen molar-refractivity contribution in [1.29, 1.82) is 0 Å². The van der Waals surface area contributed by atoms with Gasteiger partial charge < -0.3 is 4.90 Å². The molecule has 1 aliphatic carbocycles. The van der Waals surface area contributed by atoms with Crippen molar-refractivity contribution >= 4 is 0 Å². The maximum atomic E-state index is 2.75. The maximum absolute atomic E-state index is 2.75. The predicted octanol–water partition coefficient (Wildman–Crippen LogP) is 3.83. The summed E-state index contributed by atoms with van der Waals surface area (Å²) >= 11 is 0. The van der Waals surface area contributed by atoms with Gasteiger partial charge in [0.15, 0.2) is 0 Å². The van der Waals surface area contributed by atoms with Crippen LogP contribution in [0.3, 0.4) is 0 Å². The Kier molecular flexibility index (Phi) is 6.25. The van der Waals surface area contributed by atoms with Crippen molar-refractivity contribution in [2.75, 3.05) is 13.1 Å². The Morgan fingerprint density at radius 2 is 1.64 bits per heavy atom. The fourth-order valence-corrected chi connectivity index (χ4v) is 2.60. The quantitative estimate of drug-likeness (QED) is 0.561. The van der Waals surface area contributed by atoms with Gasteiger partial charge in [0.2, 0.25) is 0 Å². The van der Waals surface area contributed by atoms with Crippen molar-refractivity contribution in [2.45, 2.75) is 71.3 Å². The minimum absolute atomic E-state index is 0.937. The first-order valence-corrected chi connectivity index (χ1v) is 6.62. The second-order valence-electron chi connectivity index (χ2n) is 4.68. The lowest BCUT2D eigenvalue weighted by atomic mass is 10.1. The third-order valence-electron chi connectivity index (χ3n) is 3.40. The van der Waals surface area contributed by atoms with Gasteiger partial charge >= 0.3 is 0 Å². The largest absolute Gasteiger partial charge is 0.300 e. The van der Waals surface area contributed by atoms with Gasteiger partial charge in [0.25, 0.3) is 0 Å². The van der Waals surface area contributed by atoms with E-state index < -0.39 is 0 Å². The first-order valence-electron chi connectivity index (χ1n) is 6.62. The summed E-state index contributed by atoms with van der Waals surface area (Å²) in [6.07, 6.45) is 11.4. The molecule has 0 atom stereocenters. The van der Waals surface area contributed by atoms with Gasteiger partial charge in [-0.1, -0.05) is 39.5 Å². The van der Waals surface area contributed by atoms with E-state index in [1.165, 1.54) is 64.5 Å². The van der Waals surface area contributed by atoms with Gasteiger partial charge in [-0.15, -0.1) is 0 Å². The van der Waals surface area contributed by atoms with Crippen molar-refractivity contribution in [3.05, 3.63) is 0 Å². The van der Waals surface area contributed by atoms with Gasteiger partial charge in [0.05, 0.1) is 0 Å². The number of hydrogen-bond acceptors (Lipinski definition) is 1. The molecule has 0 N–H and O–H groups in total. The Bertz CT molecular complexity index is 127. The normalized spacial score (nSPS) is 18.2. The molecule has 0 spiro atoms. The number of unbranched alkanes of at least 4 members (excludes halogenated alkanes) is 2. The molecule has 0 bridgehead atoms. The SMILES string of the molecule is CCCCCN(CCC)C1CCCC1. The standard InChI is InChI=1S/C13H27N/c1-3-5-8-12-14(11-4-2)13-9-6-7-10-13/h13H,3-12H2,1-2H3. The molecule has 84 valence electrons. The molecule has 0 radical (unpaired) electrons. The van der Waals surface area contributed by atoms with Gasteiger partial charge in [-0.05, 0) is 38.8 Å². The molecule has 1 rings (SSSR count). The Balaban J connectivity index is 2.22. The zero-order chi connectivity index (χ0) is 10.2. The maximum Gasteiger partial charge on any atom is 0.00952 e. The van der Waals surface area contributed by atoms with E-state index in [1.807, 2.05) is 0 Å². The highest BCUT2D eigenvalue weighted by Gasteiger charge is 2.20. The smallest absolute Gasteiger partial charge is 0.00952 e. The molecule has 1 saturated carbocycles. The summed E-state index contributed by atoms with van der Waals surface area (Å²) in [5.74, 6) is 0. The molecule has 1 nitrogen and oxygen atoms in total. The molecule has 0 aliphatic heterocycles. The van der Waals surface area contributed by atoms with E-state index in [0.717, 1.165) is 6.04 Å². The van der Waals surface area contributed by atoms with Crippen LogP contribution in [0.1, 0.15) is 65.2 Å². The fraction of sp³-hybridized carbons (Fsp3) is 1.00. The molecular formula is C13H27N. The minimum atomic E-state index is 0.937. The molecule has 0 unspecified atom stereocenters. The molecule has 0 amide bonds. The molecule has 0 saturated heterocycles. The van der Waals surface area contributed by atoms with Gasteiger partial charge in [0.1, 0.15) is 0 Å². The van der Waals surface area contributed by atoms with Crippen LogP contribution in [0.5, 0.6) is 0 Å². The van der Waals surface area contributed by atoms with E-state index in [0.29, 0.717) is 0 Å². The first-order chi connectivity index (χ1) is 6.88. The second kappa shape index (κ2) is 7.28. The molecule has 14 heavy (non-hydrogen) atoms. The Labute approximate surface area is 89.9 Å². The topological polar surface area (TPSA) is 3.24 Å². The van der Waals surface area contributed by atoms with Gasteiger partial charge in [-0.25, -0.2) is 0 Å². The van der Waals surface area contributed by atoms with Crippen LogP contribution < -0.4 is 0 Å². The van der Waals surface area contributed by atoms with Crippen LogP contribution in [-0.2, 0) is 0 Å². The molecule has 0 aromatic rings. The minimum Gasteiger partial charge on any atom is -0.300 e. The van der Waals surface area contributed by atoms with Gasteiger partial charge in [-0.3, -0.25) is 0 Å². The predicted molar refractivity (Wildman–Crippen MR) is 63.6 cm³/mol. The summed E-state index contributed by atoms with van der Waals surface area (Å²) in [6, 6.07) is 0.937. The summed E-state index contributed by atoms with van der Waals surface area (Å²) in [6.45, 7) is 7.28. The summed E-state index contributed by atoms with van der Waals surface area (Å²) in [5, 5.41) is 0. The number of nitrogens with zero attached hydrogens (tertiary/aromatic N) is 1. The summed E-state index contributed by atoms with van der Waals surface area (Å²) in [5.41, 5.74) is 0. The Morgan fingerprint density at radius 1 is 0.929 bits per heavy atom. The van der Waals surface area contributed by atoms with E-state index in [-0.39, 0.29) is 0 Å². The summed E-state index contributed by atoms with van der Waals surface area (Å²) in [7, 11) is 0. The molecule has 0 aromatic carbocycles. The monoisotopic (exact) mass is 197 g/mol.